The van der Waals surface area contributed by atoms with Gasteiger partial charge in [0.1, 0.15) is 0 Å². The molecule has 0 bridgehead atoms. The molecule has 0 saturated carbocycles. The van der Waals surface area contributed by atoms with Gasteiger partial charge in [-0.05, 0) is 18.7 Å². The first kappa shape index (κ1) is 14.4. The third-order valence-corrected chi connectivity index (χ3v) is 2.14. The third kappa shape index (κ3) is 5.32. The first-order valence-electron chi connectivity index (χ1n) is 5.19. The number of hydrogen-bond donors (Lipinski definition) is 2. The van der Waals surface area contributed by atoms with Crippen LogP contribution in [0.25, 0.3) is 0 Å². The van der Waals surface area contributed by atoms with Gasteiger partial charge in [0.2, 0.25) is 0 Å². The SMILES string of the molecule is C=CC(=C)/C=C/C(C=O)=C(/CCNC)NC. The summed E-state index contributed by atoms with van der Waals surface area (Å²) in [6.45, 7) is 8.17. The summed E-state index contributed by atoms with van der Waals surface area (Å²) in [5, 5.41) is 6.07. The molecule has 0 aliphatic heterocycles. The maximum atomic E-state index is 10.9. The van der Waals surface area contributed by atoms with Crippen LogP contribution in [0.2, 0.25) is 0 Å². The molecular formula is C13H20N2O. The molecule has 0 aliphatic rings. The molecule has 0 atom stereocenters. The lowest BCUT2D eigenvalue weighted by Crippen LogP contribution is -2.16. The molecule has 0 aromatic carbocycles. The lowest BCUT2D eigenvalue weighted by Gasteiger charge is -2.08. The molecule has 88 valence electrons. The zero-order valence-electron chi connectivity index (χ0n) is 10.0. The van der Waals surface area contributed by atoms with E-state index in [1.165, 1.54) is 0 Å². The van der Waals surface area contributed by atoms with Crippen molar-refractivity contribution in [2.24, 2.45) is 0 Å². The van der Waals surface area contributed by atoms with Gasteiger partial charge in [-0.2, -0.15) is 0 Å². The Balaban J connectivity index is 4.80. The molecule has 0 unspecified atom stereocenters. The number of hydrogen-bond acceptors (Lipinski definition) is 3. The van der Waals surface area contributed by atoms with E-state index in [0.717, 1.165) is 30.5 Å². The Hall–Kier alpha value is -1.61. The van der Waals surface area contributed by atoms with E-state index in [2.05, 4.69) is 23.8 Å². The average Bonchev–Trinajstić information content (AvgIpc) is 2.32. The van der Waals surface area contributed by atoms with Crippen LogP contribution in [0.15, 0.2) is 48.2 Å². The van der Waals surface area contributed by atoms with Crippen molar-refractivity contribution in [1.29, 1.82) is 0 Å². The molecule has 0 aromatic rings. The highest BCUT2D eigenvalue weighted by molar-refractivity contribution is 5.79. The Morgan fingerprint density at radius 3 is 2.44 bits per heavy atom. The number of carbonyl (C=O) groups is 1. The second kappa shape index (κ2) is 8.68. The zero-order chi connectivity index (χ0) is 12.4. The van der Waals surface area contributed by atoms with Crippen LogP contribution in [0.3, 0.4) is 0 Å². The van der Waals surface area contributed by atoms with Gasteiger partial charge < -0.3 is 10.6 Å². The fraction of sp³-hybridized carbons (Fsp3) is 0.308. The molecule has 2 N–H and O–H groups in total. The Labute approximate surface area is 97.6 Å². The van der Waals surface area contributed by atoms with E-state index in [1.54, 1.807) is 18.2 Å². The Morgan fingerprint density at radius 2 is 2.00 bits per heavy atom. The lowest BCUT2D eigenvalue weighted by molar-refractivity contribution is -0.104. The predicted octanol–water partition coefficient (Wildman–Crippen LogP) is 1.57. The van der Waals surface area contributed by atoms with Gasteiger partial charge in [0.15, 0.2) is 6.29 Å². The Bertz CT molecular complexity index is 314. The maximum absolute atomic E-state index is 10.9. The van der Waals surface area contributed by atoms with E-state index >= 15 is 0 Å². The monoisotopic (exact) mass is 220 g/mol. The molecule has 16 heavy (non-hydrogen) atoms. The lowest BCUT2D eigenvalue weighted by atomic mass is 10.1. The van der Waals surface area contributed by atoms with Gasteiger partial charge in [0.25, 0.3) is 0 Å². The molecule has 0 aliphatic carbocycles. The minimum absolute atomic E-state index is 0.640. The van der Waals surface area contributed by atoms with Crippen LogP contribution in [0.5, 0.6) is 0 Å². The van der Waals surface area contributed by atoms with Gasteiger partial charge in [-0.15, -0.1) is 0 Å². The van der Waals surface area contributed by atoms with Crippen LogP contribution in [-0.4, -0.2) is 26.9 Å². The van der Waals surface area contributed by atoms with Crippen LogP contribution in [0.4, 0.5) is 0 Å². The quantitative estimate of drug-likeness (QED) is 0.370. The normalized spacial score (nSPS) is 12.1. The van der Waals surface area contributed by atoms with E-state index in [1.807, 2.05) is 14.1 Å². The Kier molecular flexibility index (Phi) is 7.81. The molecule has 0 amide bonds. The van der Waals surface area contributed by atoms with Crippen LogP contribution in [0, 0.1) is 0 Å². The average molecular weight is 220 g/mol. The predicted molar refractivity (Wildman–Crippen MR) is 69.2 cm³/mol. The van der Waals surface area contributed by atoms with Crippen LogP contribution >= 0.6 is 0 Å². The van der Waals surface area contributed by atoms with Gasteiger partial charge in [-0.25, -0.2) is 0 Å². The molecule has 3 heteroatoms. The summed E-state index contributed by atoms with van der Waals surface area (Å²) >= 11 is 0. The molecule has 0 radical (unpaired) electrons. The highest BCUT2D eigenvalue weighted by atomic mass is 16.1. The standard InChI is InChI=1S/C13H20N2O/c1-5-11(2)6-7-12(10-16)13(15-4)8-9-14-3/h5-7,10,14-15H,1-2,8-9H2,3-4H3/b7-6+,13-12+. The summed E-state index contributed by atoms with van der Waals surface area (Å²) in [6.07, 6.45) is 6.79. The van der Waals surface area contributed by atoms with Gasteiger partial charge in [0.05, 0.1) is 0 Å². The first-order chi connectivity index (χ1) is 7.69. The minimum Gasteiger partial charge on any atom is -0.391 e. The van der Waals surface area contributed by atoms with Gasteiger partial charge in [0, 0.05) is 31.3 Å². The summed E-state index contributed by atoms with van der Waals surface area (Å²) in [4.78, 5) is 10.9. The van der Waals surface area contributed by atoms with Crippen molar-refractivity contribution in [3.63, 3.8) is 0 Å². The Morgan fingerprint density at radius 1 is 1.31 bits per heavy atom. The molecule has 3 nitrogen and oxygen atoms in total. The van der Waals surface area contributed by atoms with E-state index in [4.69, 9.17) is 0 Å². The molecule has 0 rings (SSSR count). The number of allylic oxidation sites excluding steroid dienone is 5. The van der Waals surface area contributed by atoms with Crippen molar-refractivity contribution in [3.8, 4) is 0 Å². The molecule has 0 aromatic heterocycles. The topological polar surface area (TPSA) is 41.1 Å². The summed E-state index contributed by atoms with van der Waals surface area (Å²) in [7, 11) is 3.69. The summed E-state index contributed by atoms with van der Waals surface area (Å²) in [5.41, 5.74) is 2.33. The largest absolute Gasteiger partial charge is 0.391 e. The smallest absolute Gasteiger partial charge is 0.151 e. The summed E-state index contributed by atoms with van der Waals surface area (Å²) in [6, 6.07) is 0. The van der Waals surface area contributed by atoms with Gasteiger partial charge in [-0.1, -0.05) is 25.3 Å². The number of aldehydes is 1. The number of rotatable bonds is 8. The van der Waals surface area contributed by atoms with Crippen LogP contribution in [-0.2, 0) is 4.79 Å². The first-order valence-corrected chi connectivity index (χ1v) is 5.19. The minimum atomic E-state index is 0.640. The van der Waals surface area contributed by atoms with Crippen molar-refractivity contribution in [2.45, 2.75) is 6.42 Å². The number of carbonyl (C=O) groups excluding carboxylic acids is 1. The van der Waals surface area contributed by atoms with Crippen molar-refractivity contribution in [1.82, 2.24) is 10.6 Å². The van der Waals surface area contributed by atoms with Gasteiger partial charge >= 0.3 is 0 Å². The van der Waals surface area contributed by atoms with Crippen LogP contribution in [0.1, 0.15) is 6.42 Å². The van der Waals surface area contributed by atoms with E-state index < -0.39 is 0 Å². The molecule has 0 saturated heterocycles. The fourth-order valence-electron chi connectivity index (χ4n) is 1.14. The van der Waals surface area contributed by atoms with Crippen molar-refractivity contribution >= 4 is 6.29 Å². The van der Waals surface area contributed by atoms with Crippen molar-refractivity contribution in [3.05, 3.63) is 48.2 Å². The second-order valence-electron chi connectivity index (χ2n) is 3.27. The van der Waals surface area contributed by atoms with Gasteiger partial charge in [-0.3, -0.25) is 4.79 Å². The zero-order valence-corrected chi connectivity index (χ0v) is 10.0. The maximum Gasteiger partial charge on any atom is 0.151 e. The third-order valence-electron chi connectivity index (χ3n) is 2.14. The van der Waals surface area contributed by atoms with Crippen molar-refractivity contribution in [2.75, 3.05) is 20.6 Å². The molecular weight excluding hydrogens is 200 g/mol. The fourth-order valence-corrected chi connectivity index (χ4v) is 1.14. The summed E-state index contributed by atoms with van der Waals surface area (Å²) in [5.74, 6) is 0. The van der Waals surface area contributed by atoms with E-state index in [9.17, 15) is 4.79 Å². The van der Waals surface area contributed by atoms with Crippen LogP contribution < -0.4 is 10.6 Å². The highest BCUT2D eigenvalue weighted by Crippen LogP contribution is 2.06. The summed E-state index contributed by atoms with van der Waals surface area (Å²) < 4.78 is 0. The molecule has 0 spiro atoms. The van der Waals surface area contributed by atoms with E-state index in [-0.39, 0.29) is 0 Å². The molecule has 0 heterocycles. The number of nitrogens with one attached hydrogen (secondary N) is 2. The second-order valence-corrected chi connectivity index (χ2v) is 3.27. The molecule has 0 fully saturated rings. The highest BCUT2D eigenvalue weighted by Gasteiger charge is 2.00. The van der Waals surface area contributed by atoms with Crippen molar-refractivity contribution < 1.29 is 4.79 Å². The van der Waals surface area contributed by atoms with E-state index in [0.29, 0.717) is 5.57 Å².